The minimum Gasteiger partial charge on any atom is -0.492 e. The van der Waals surface area contributed by atoms with Crippen LogP contribution in [0.3, 0.4) is 0 Å². The molecule has 0 fully saturated rings. The summed E-state index contributed by atoms with van der Waals surface area (Å²) < 4.78 is 5.56. The van der Waals surface area contributed by atoms with Crippen molar-refractivity contribution >= 4 is 11.7 Å². The SMILES string of the molecule is CCc1ccc(OCCNC(=O)Nc2ccccc2)cc1. The number of anilines is 1. The molecule has 4 heteroatoms. The average molecular weight is 284 g/mol. The van der Waals surface area contributed by atoms with Gasteiger partial charge in [0.1, 0.15) is 12.4 Å². The maximum Gasteiger partial charge on any atom is 0.319 e. The molecule has 2 amide bonds. The fourth-order valence-electron chi connectivity index (χ4n) is 1.85. The number of nitrogens with one attached hydrogen (secondary N) is 2. The molecule has 0 aromatic heterocycles. The highest BCUT2D eigenvalue weighted by atomic mass is 16.5. The summed E-state index contributed by atoms with van der Waals surface area (Å²) in [5.74, 6) is 0.817. The van der Waals surface area contributed by atoms with Gasteiger partial charge in [0.2, 0.25) is 0 Å². The smallest absolute Gasteiger partial charge is 0.319 e. The number of aryl methyl sites for hydroxylation is 1. The normalized spacial score (nSPS) is 9.95. The molecule has 2 aromatic rings. The molecule has 0 heterocycles. The van der Waals surface area contributed by atoms with Crippen LogP contribution >= 0.6 is 0 Å². The molecule has 21 heavy (non-hydrogen) atoms. The molecule has 0 bridgehead atoms. The minimum atomic E-state index is -0.230. The second kappa shape index (κ2) is 7.94. The van der Waals surface area contributed by atoms with E-state index in [1.54, 1.807) is 0 Å². The summed E-state index contributed by atoms with van der Waals surface area (Å²) in [7, 11) is 0. The quantitative estimate of drug-likeness (QED) is 0.798. The van der Waals surface area contributed by atoms with E-state index < -0.39 is 0 Å². The number of hydrogen-bond acceptors (Lipinski definition) is 2. The molecule has 0 radical (unpaired) electrons. The van der Waals surface area contributed by atoms with E-state index in [1.807, 2.05) is 54.6 Å². The van der Waals surface area contributed by atoms with Gasteiger partial charge in [0.15, 0.2) is 0 Å². The first kappa shape index (κ1) is 14.9. The van der Waals surface area contributed by atoms with E-state index in [0.717, 1.165) is 17.9 Å². The summed E-state index contributed by atoms with van der Waals surface area (Å²) in [6.45, 7) is 3.01. The molecule has 4 nitrogen and oxygen atoms in total. The molecular formula is C17H20N2O2. The van der Waals surface area contributed by atoms with Crippen molar-refractivity contribution < 1.29 is 9.53 Å². The van der Waals surface area contributed by atoms with Crippen LogP contribution in [0.2, 0.25) is 0 Å². The van der Waals surface area contributed by atoms with E-state index in [-0.39, 0.29) is 6.03 Å². The number of amides is 2. The minimum absolute atomic E-state index is 0.230. The number of rotatable bonds is 6. The first-order valence-corrected chi connectivity index (χ1v) is 7.09. The molecule has 0 unspecified atom stereocenters. The lowest BCUT2D eigenvalue weighted by Gasteiger charge is -2.09. The van der Waals surface area contributed by atoms with Gasteiger partial charge < -0.3 is 15.4 Å². The maximum absolute atomic E-state index is 11.6. The predicted molar refractivity (Wildman–Crippen MR) is 84.8 cm³/mol. The lowest BCUT2D eigenvalue weighted by Crippen LogP contribution is -2.32. The van der Waals surface area contributed by atoms with Gasteiger partial charge in [0.25, 0.3) is 0 Å². The number of carbonyl (C=O) groups is 1. The van der Waals surface area contributed by atoms with E-state index in [9.17, 15) is 4.79 Å². The van der Waals surface area contributed by atoms with Crippen molar-refractivity contribution in [2.45, 2.75) is 13.3 Å². The highest BCUT2D eigenvalue weighted by Gasteiger charge is 2.00. The van der Waals surface area contributed by atoms with Crippen LogP contribution in [0.1, 0.15) is 12.5 Å². The van der Waals surface area contributed by atoms with E-state index in [4.69, 9.17) is 4.74 Å². The summed E-state index contributed by atoms with van der Waals surface area (Å²) >= 11 is 0. The number of ether oxygens (including phenoxy) is 1. The Balaban J connectivity index is 1.66. The zero-order valence-electron chi connectivity index (χ0n) is 12.1. The van der Waals surface area contributed by atoms with Crippen molar-refractivity contribution in [2.24, 2.45) is 0 Å². The number of hydrogen-bond donors (Lipinski definition) is 2. The predicted octanol–water partition coefficient (Wildman–Crippen LogP) is 3.45. The van der Waals surface area contributed by atoms with Gasteiger partial charge in [0, 0.05) is 5.69 Å². The summed E-state index contributed by atoms with van der Waals surface area (Å²) in [5.41, 5.74) is 2.05. The third kappa shape index (κ3) is 5.18. The van der Waals surface area contributed by atoms with Gasteiger partial charge in [-0.1, -0.05) is 37.3 Å². The van der Waals surface area contributed by atoms with Gasteiger partial charge in [-0.05, 0) is 36.2 Å². The molecule has 2 aromatic carbocycles. The zero-order valence-corrected chi connectivity index (χ0v) is 12.1. The standard InChI is InChI=1S/C17H20N2O2/c1-2-14-8-10-16(11-9-14)21-13-12-18-17(20)19-15-6-4-3-5-7-15/h3-11H,2,12-13H2,1H3,(H2,18,19,20). The van der Waals surface area contributed by atoms with E-state index >= 15 is 0 Å². The Morgan fingerprint density at radius 3 is 2.43 bits per heavy atom. The van der Waals surface area contributed by atoms with Crippen molar-refractivity contribution in [3.8, 4) is 5.75 Å². The monoisotopic (exact) mass is 284 g/mol. The van der Waals surface area contributed by atoms with Crippen LogP contribution in [-0.4, -0.2) is 19.2 Å². The van der Waals surface area contributed by atoms with E-state index in [0.29, 0.717) is 13.2 Å². The maximum atomic E-state index is 11.6. The molecule has 0 atom stereocenters. The molecule has 0 aliphatic carbocycles. The van der Waals surface area contributed by atoms with Crippen molar-refractivity contribution in [2.75, 3.05) is 18.5 Å². The summed E-state index contributed by atoms with van der Waals surface area (Å²) in [6.07, 6.45) is 1.02. The van der Waals surface area contributed by atoms with Crippen LogP contribution in [-0.2, 0) is 6.42 Å². The molecule has 0 aliphatic heterocycles. The number of urea groups is 1. The fraction of sp³-hybridized carbons (Fsp3) is 0.235. The van der Waals surface area contributed by atoms with E-state index in [2.05, 4.69) is 17.6 Å². The van der Waals surface area contributed by atoms with Gasteiger partial charge in [-0.2, -0.15) is 0 Å². The zero-order chi connectivity index (χ0) is 14.9. The number of carbonyl (C=O) groups excluding carboxylic acids is 1. The molecule has 0 saturated carbocycles. The van der Waals surface area contributed by atoms with Crippen molar-refractivity contribution in [3.63, 3.8) is 0 Å². The van der Waals surface area contributed by atoms with Crippen LogP contribution in [0.25, 0.3) is 0 Å². The molecule has 0 aliphatic rings. The van der Waals surface area contributed by atoms with Crippen LogP contribution in [0.15, 0.2) is 54.6 Å². The molecule has 2 rings (SSSR count). The Bertz CT molecular complexity index is 553. The second-order valence-electron chi connectivity index (χ2n) is 4.59. The van der Waals surface area contributed by atoms with Crippen LogP contribution < -0.4 is 15.4 Å². The molecule has 2 N–H and O–H groups in total. The third-order valence-electron chi connectivity index (χ3n) is 3.02. The second-order valence-corrected chi connectivity index (χ2v) is 4.59. The molecular weight excluding hydrogens is 264 g/mol. The van der Waals surface area contributed by atoms with Crippen LogP contribution in [0, 0.1) is 0 Å². The highest BCUT2D eigenvalue weighted by Crippen LogP contribution is 2.12. The summed E-state index contributed by atoms with van der Waals surface area (Å²) in [5, 5.41) is 5.50. The molecule has 110 valence electrons. The largest absolute Gasteiger partial charge is 0.492 e. The first-order chi connectivity index (χ1) is 10.3. The number of benzene rings is 2. The Morgan fingerprint density at radius 2 is 1.76 bits per heavy atom. The molecule has 0 spiro atoms. The van der Waals surface area contributed by atoms with Gasteiger partial charge in [-0.25, -0.2) is 4.79 Å². The van der Waals surface area contributed by atoms with Crippen LogP contribution in [0.5, 0.6) is 5.75 Å². The van der Waals surface area contributed by atoms with Crippen molar-refractivity contribution in [3.05, 3.63) is 60.2 Å². The Hall–Kier alpha value is -2.49. The summed E-state index contributed by atoms with van der Waals surface area (Å²) in [6, 6.07) is 17.1. The summed E-state index contributed by atoms with van der Waals surface area (Å²) in [4.78, 5) is 11.6. The first-order valence-electron chi connectivity index (χ1n) is 7.09. The molecule has 0 saturated heterocycles. The van der Waals surface area contributed by atoms with Gasteiger partial charge in [0.05, 0.1) is 6.54 Å². The lowest BCUT2D eigenvalue weighted by molar-refractivity contribution is 0.247. The number of para-hydroxylation sites is 1. The van der Waals surface area contributed by atoms with E-state index in [1.165, 1.54) is 5.56 Å². The van der Waals surface area contributed by atoms with Crippen molar-refractivity contribution in [1.29, 1.82) is 0 Å². The Morgan fingerprint density at radius 1 is 1.05 bits per heavy atom. The average Bonchev–Trinajstić information content (AvgIpc) is 2.53. The highest BCUT2D eigenvalue weighted by molar-refractivity contribution is 5.89. The van der Waals surface area contributed by atoms with Gasteiger partial charge in [-0.3, -0.25) is 0 Å². The van der Waals surface area contributed by atoms with Gasteiger partial charge in [-0.15, -0.1) is 0 Å². The van der Waals surface area contributed by atoms with Crippen molar-refractivity contribution in [1.82, 2.24) is 5.32 Å². The Labute approximate surface area is 125 Å². The Kier molecular flexibility index (Phi) is 5.64. The third-order valence-corrected chi connectivity index (χ3v) is 3.02. The fourth-order valence-corrected chi connectivity index (χ4v) is 1.85. The van der Waals surface area contributed by atoms with Crippen LogP contribution in [0.4, 0.5) is 10.5 Å². The topological polar surface area (TPSA) is 50.4 Å². The lowest BCUT2D eigenvalue weighted by atomic mass is 10.2. The van der Waals surface area contributed by atoms with Gasteiger partial charge >= 0.3 is 6.03 Å².